The molecule has 1 aromatic carbocycles. The summed E-state index contributed by atoms with van der Waals surface area (Å²) in [5, 5.41) is 6.06. The number of nitrogens with zero attached hydrogens (tertiary/aromatic N) is 2. The van der Waals surface area contributed by atoms with Crippen LogP contribution in [-0.4, -0.2) is 15.9 Å². The third-order valence-corrected chi connectivity index (χ3v) is 3.78. The molecule has 6 heteroatoms. The van der Waals surface area contributed by atoms with Crippen LogP contribution in [0.15, 0.2) is 71.6 Å². The Kier molecular flexibility index (Phi) is 5.18. The van der Waals surface area contributed by atoms with Crippen molar-refractivity contribution in [2.45, 2.75) is 6.54 Å². The molecule has 24 heavy (non-hydrogen) atoms. The predicted molar refractivity (Wildman–Crippen MR) is 97.1 cm³/mol. The lowest BCUT2D eigenvalue weighted by Crippen LogP contribution is -2.23. The van der Waals surface area contributed by atoms with Gasteiger partial charge in [-0.25, -0.2) is 4.98 Å². The van der Waals surface area contributed by atoms with Gasteiger partial charge in [-0.1, -0.05) is 28.1 Å². The minimum atomic E-state index is -0.215. The lowest BCUT2D eigenvalue weighted by Gasteiger charge is -2.08. The van der Waals surface area contributed by atoms with Gasteiger partial charge in [0.15, 0.2) is 0 Å². The summed E-state index contributed by atoms with van der Waals surface area (Å²) in [7, 11) is 0. The van der Waals surface area contributed by atoms with Crippen molar-refractivity contribution in [2.75, 3.05) is 5.32 Å². The van der Waals surface area contributed by atoms with E-state index in [4.69, 9.17) is 0 Å². The molecule has 0 aliphatic rings. The summed E-state index contributed by atoms with van der Waals surface area (Å²) in [5.74, 6) is -0.215. The molecule has 120 valence electrons. The summed E-state index contributed by atoms with van der Waals surface area (Å²) in [5.41, 5.74) is 3.08. The van der Waals surface area contributed by atoms with Gasteiger partial charge >= 0.3 is 0 Å². The van der Waals surface area contributed by atoms with Crippen LogP contribution in [0.2, 0.25) is 0 Å². The first-order valence-corrected chi connectivity index (χ1v) is 8.16. The van der Waals surface area contributed by atoms with Crippen LogP contribution in [0.25, 0.3) is 0 Å². The van der Waals surface area contributed by atoms with Crippen molar-refractivity contribution < 1.29 is 4.79 Å². The van der Waals surface area contributed by atoms with Crippen molar-refractivity contribution >= 4 is 33.2 Å². The van der Waals surface area contributed by atoms with Crippen LogP contribution in [0.5, 0.6) is 0 Å². The van der Waals surface area contributed by atoms with Crippen LogP contribution < -0.4 is 10.6 Å². The Bertz CT molecular complexity index is 822. The van der Waals surface area contributed by atoms with E-state index in [1.54, 1.807) is 24.7 Å². The van der Waals surface area contributed by atoms with E-state index >= 15 is 0 Å². The van der Waals surface area contributed by atoms with Gasteiger partial charge in [0, 0.05) is 29.1 Å². The number of rotatable bonds is 5. The van der Waals surface area contributed by atoms with Crippen LogP contribution in [0.4, 0.5) is 11.4 Å². The molecule has 0 spiro atoms. The van der Waals surface area contributed by atoms with Crippen molar-refractivity contribution in [3.05, 3.63) is 82.9 Å². The van der Waals surface area contributed by atoms with Gasteiger partial charge in [-0.2, -0.15) is 0 Å². The minimum absolute atomic E-state index is 0.215. The molecule has 0 saturated heterocycles. The highest BCUT2D eigenvalue weighted by Crippen LogP contribution is 2.20. The third-order valence-electron chi connectivity index (χ3n) is 3.29. The summed E-state index contributed by atoms with van der Waals surface area (Å²) in [6, 6.07) is 15.1. The number of hydrogen-bond acceptors (Lipinski definition) is 4. The molecule has 2 aromatic heterocycles. The van der Waals surface area contributed by atoms with Crippen LogP contribution in [0.3, 0.4) is 0 Å². The van der Waals surface area contributed by atoms with Gasteiger partial charge in [-0.05, 0) is 42.0 Å². The Morgan fingerprint density at radius 1 is 1.04 bits per heavy atom. The molecule has 5 nitrogen and oxygen atoms in total. The van der Waals surface area contributed by atoms with Crippen molar-refractivity contribution in [1.82, 2.24) is 15.3 Å². The number of carbonyl (C=O) groups excluding carboxylic acids is 1. The highest BCUT2D eigenvalue weighted by molar-refractivity contribution is 9.10. The van der Waals surface area contributed by atoms with Gasteiger partial charge in [0.25, 0.3) is 5.91 Å². The summed E-state index contributed by atoms with van der Waals surface area (Å²) in [6.07, 6.45) is 5.06. The van der Waals surface area contributed by atoms with Crippen LogP contribution in [0.1, 0.15) is 16.1 Å². The molecule has 0 atom stereocenters. The first kappa shape index (κ1) is 16.1. The highest BCUT2D eigenvalue weighted by Gasteiger charge is 2.07. The molecular formula is C18H15BrN4O. The molecule has 0 unspecified atom stereocenters. The van der Waals surface area contributed by atoms with Gasteiger partial charge in [-0.3, -0.25) is 9.78 Å². The monoisotopic (exact) mass is 382 g/mol. The molecule has 0 radical (unpaired) electrons. The summed E-state index contributed by atoms with van der Waals surface area (Å²) in [4.78, 5) is 20.3. The average molecular weight is 383 g/mol. The summed E-state index contributed by atoms with van der Waals surface area (Å²) in [6.45, 7) is 0.423. The molecule has 3 aromatic rings. The quantitative estimate of drug-likeness (QED) is 0.701. The number of amides is 1. The molecule has 2 N–H and O–H groups in total. The molecule has 0 saturated carbocycles. The van der Waals surface area contributed by atoms with Crippen LogP contribution in [0, 0.1) is 0 Å². The van der Waals surface area contributed by atoms with E-state index in [0.29, 0.717) is 12.2 Å². The fraction of sp³-hybridized carbons (Fsp3) is 0.0556. The van der Waals surface area contributed by atoms with E-state index in [1.165, 1.54) is 0 Å². The van der Waals surface area contributed by atoms with Gasteiger partial charge < -0.3 is 10.6 Å². The van der Waals surface area contributed by atoms with Crippen molar-refractivity contribution in [3.63, 3.8) is 0 Å². The maximum absolute atomic E-state index is 12.1. The Morgan fingerprint density at radius 2 is 1.96 bits per heavy atom. The zero-order chi connectivity index (χ0) is 16.8. The van der Waals surface area contributed by atoms with Gasteiger partial charge in [0.05, 0.1) is 11.9 Å². The largest absolute Gasteiger partial charge is 0.354 e. The Labute approximate surface area is 148 Å². The number of halogens is 1. The summed E-state index contributed by atoms with van der Waals surface area (Å²) >= 11 is 3.43. The second-order valence-corrected chi connectivity index (χ2v) is 6.03. The topological polar surface area (TPSA) is 66.9 Å². The first-order chi connectivity index (χ1) is 11.7. The second-order valence-electron chi connectivity index (χ2n) is 5.11. The van der Waals surface area contributed by atoms with E-state index in [0.717, 1.165) is 21.4 Å². The van der Waals surface area contributed by atoms with E-state index in [-0.39, 0.29) is 5.91 Å². The number of anilines is 2. The standard InChI is InChI=1S/C18H15BrN4O/c19-14-4-1-5-15(9-14)23-16-6-7-17(21-12-16)18(24)22-11-13-3-2-8-20-10-13/h1-10,12,23H,11H2,(H,22,24). The number of carbonyl (C=O) groups is 1. The van der Waals surface area contributed by atoms with Crippen LogP contribution in [-0.2, 0) is 6.54 Å². The average Bonchev–Trinajstić information content (AvgIpc) is 2.61. The fourth-order valence-corrected chi connectivity index (χ4v) is 2.51. The molecule has 3 rings (SSSR count). The molecule has 0 bridgehead atoms. The predicted octanol–water partition coefficient (Wildman–Crippen LogP) is 3.91. The van der Waals surface area contributed by atoms with E-state index in [9.17, 15) is 4.79 Å². The molecular weight excluding hydrogens is 368 g/mol. The number of nitrogens with one attached hydrogen (secondary N) is 2. The van der Waals surface area contributed by atoms with Crippen molar-refractivity contribution in [3.8, 4) is 0 Å². The Balaban J connectivity index is 1.60. The second kappa shape index (κ2) is 7.70. The molecule has 2 heterocycles. The number of pyridine rings is 2. The lowest BCUT2D eigenvalue weighted by atomic mass is 10.2. The fourth-order valence-electron chi connectivity index (χ4n) is 2.11. The number of aromatic nitrogens is 2. The zero-order valence-electron chi connectivity index (χ0n) is 12.7. The first-order valence-electron chi connectivity index (χ1n) is 7.36. The smallest absolute Gasteiger partial charge is 0.270 e. The Morgan fingerprint density at radius 3 is 2.67 bits per heavy atom. The van der Waals surface area contributed by atoms with E-state index in [2.05, 4.69) is 36.5 Å². The number of benzene rings is 1. The van der Waals surface area contributed by atoms with Crippen molar-refractivity contribution in [2.24, 2.45) is 0 Å². The normalized spacial score (nSPS) is 10.2. The van der Waals surface area contributed by atoms with Crippen molar-refractivity contribution in [1.29, 1.82) is 0 Å². The summed E-state index contributed by atoms with van der Waals surface area (Å²) < 4.78 is 0.992. The molecule has 0 fully saturated rings. The SMILES string of the molecule is O=C(NCc1cccnc1)c1ccc(Nc2cccc(Br)c2)cn1. The third kappa shape index (κ3) is 4.39. The zero-order valence-corrected chi connectivity index (χ0v) is 14.3. The van der Waals surface area contributed by atoms with E-state index in [1.807, 2.05) is 42.5 Å². The van der Waals surface area contributed by atoms with Crippen LogP contribution >= 0.6 is 15.9 Å². The molecule has 0 aliphatic heterocycles. The van der Waals surface area contributed by atoms with E-state index < -0.39 is 0 Å². The maximum atomic E-state index is 12.1. The minimum Gasteiger partial charge on any atom is -0.354 e. The van der Waals surface area contributed by atoms with Gasteiger partial charge in [0.2, 0.25) is 0 Å². The maximum Gasteiger partial charge on any atom is 0.270 e. The van der Waals surface area contributed by atoms with Gasteiger partial charge in [-0.15, -0.1) is 0 Å². The molecule has 0 aliphatic carbocycles. The molecule has 1 amide bonds. The highest BCUT2D eigenvalue weighted by atomic mass is 79.9. The van der Waals surface area contributed by atoms with Gasteiger partial charge in [0.1, 0.15) is 5.69 Å². The lowest BCUT2D eigenvalue weighted by molar-refractivity contribution is 0.0946. The number of hydrogen-bond donors (Lipinski definition) is 2. The Hall–Kier alpha value is -2.73.